The maximum Gasteiger partial charge on any atom is 0.0233 e. The van der Waals surface area contributed by atoms with Crippen LogP contribution in [0.1, 0.15) is 24.5 Å². The first-order valence-electron chi connectivity index (χ1n) is 6.06. The quantitative estimate of drug-likeness (QED) is 0.855. The van der Waals surface area contributed by atoms with E-state index in [4.69, 9.17) is 5.73 Å². The van der Waals surface area contributed by atoms with Crippen LogP contribution in [0.3, 0.4) is 0 Å². The van der Waals surface area contributed by atoms with Gasteiger partial charge in [0.25, 0.3) is 0 Å². The minimum absolute atomic E-state index is 0.123. The molecule has 0 aliphatic rings. The molecule has 2 rings (SSSR count). The lowest BCUT2D eigenvalue weighted by Crippen LogP contribution is -2.43. The van der Waals surface area contributed by atoms with Crippen LogP contribution < -0.4 is 5.73 Å². The van der Waals surface area contributed by atoms with Gasteiger partial charge in [-0.1, -0.05) is 37.3 Å². The number of thiophene rings is 1. The molecule has 0 saturated heterocycles. The van der Waals surface area contributed by atoms with Gasteiger partial charge in [-0.05, 0) is 47.2 Å². The zero-order chi connectivity index (χ0) is 12.1. The zero-order valence-corrected chi connectivity index (χ0v) is 11.0. The molecule has 2 N–H and O–H groups in total. The molecule has 0 bridgehead atoms. The summed E-state index contributed by atoms with van der Waals surface area (Å²) in [5, 5.41) is 4.32. The van der Waals surface area contributed by atoms with Crippen LogP contribution in [-0.2, 0) is 12.8 Å². The zero-order valence-electron chi connectivity index (χ0n) is 10.2. The van der Waals surface area contributed by atoms with Crippen molar-refractivity contribution in [2.24, 2.45) is 5.73 Å². The first kappa shape index (κ1) is 12.3. The number of rotatable bonds is 5. The van der Waals surface area contributed by atoms with Crippen LogP contribution in [0.4, 0.5) is 0 Å². The highest BCUT2D eigenvalue weighted by Crippen LogP contribution is 2.21. The van der Waals surface area contributed by atoms with Crippen LogP contribution in [0.5, 0.6) is 0 Å². The molecule has 2 heteroatoms. The summed E-state index contributed by atoms with van der Waals surface area (Å²) in [6, 6.07) is 12.7. The molecule has 17 heavy (non-hydrogen) atoms. The Morgan fingerprint density at radius 3 is 2.35 bits per heavy atom. The highest BCUT2D eigenvalue weighted by atomic mass is 32.1. The summed E-state index contributed by atoms with van der Waals surface area (Å²) < 4.78 is 0. The molecule has 0 aliphatic heterocycles. The first-order chi connectivity index (χ1) is 8.22. The molecule has 1 atom stereocenters. The van der Waals surface area contributed by atoms with Crippen LogP contribution in [0.25, 0.3) is 0 Å². The third-order valence-corrected chi connectivity index (χ3v) is 3.97. The van der Waals surface area contributed by atoms with E-state index in [-0.39, 0.29) is 5.54 Å². The van der Waals surface area contributed by atoms with Crippen LogP contribution in [0.15, 0.2) is 47.2 Å². The average Bonchev–Trinajstić information content (AvgIpc) is 2.83. The highest BCUT2D eigenvalue weighted by Gasteiger charge is 2.23. The molecule has 0 aliphatic carbocycles. The minimum Gasteiger partial charge on any atom is -0.325 e. The van der Waals surface area contributed by atoms with E-state index in [0.717, 1.165) is 19.3 Å². The van der Waals surface area contributed by atoms with E-state index >= 15 is 0 Å². The van der Waals surface area contributed by atoms with Crippen LogP contribution in [0.2, 0.25) is 0 Å². The van der Waals surface area contributed by atoms with Crippen molar-refractivity contribution < 1.29 is 0 Å². The van der Waals surface area contributed by atoms with E-state index in [1.165, 1.54) is 11.1 Å². The summed E-state index contributed by atoms with van der Waals surface area (Å²) in [5.74, 6) is 0. The second kappa shape index (κ2) is 5.48. The van der Waals surface area contributed by atoms with Gasteiger partial charge in [-0.2, -0.15) is 11.3 Å². The summed E-state index contributed by atoms with van der Waals surface area (Å²) >= 11 is 1.74. The third kappa shape index (κ3) is 3.42. The molecular weight excluding hydrogens is 226 g/mol. The lowest BCUT2D eigenvalue weighted by molar-refractivity contribution is 0.404. The molecular formula is C15H19NS. The topological polar surface area (TPSA) is 26.0 Å². The Morgan fingerprint density at radius 1 is 1.06 bits per heavy atom. The maximum atomic E-state index is 6.53. The average molecular weight is 245 g/mol. The fourth-order valence-corrected chi connectivity index (χ4v) is 2.78. The fourth-order valence-electron chi connectivity index (χ4n) is 2.11. The largest absolute Gasteiger partial charge is 0.325 e. The van der Waals surface area contributed by atoms with Gasteiger partial charge in [0.15, 0.2) is 0 Å². The number of hydrogen-bond acceptors (Lipinski definition) is 2. The molecule has 1 unspecified atom stereocenters. The molecule has 0 saturated carbocycles. The van der Waals surface area contributed by atoms with Gasteiger partial charge in [0, 0.05) is 5.54 Å². The van der Waals surface area contributed by atoms with Crippen molar-refractivity contribution >= 4 is 11.3 Å². The van der Waals surface area contributed by atoms with Crippen molar-refractivity contribution in [2.75, 3.05) is 0 Å². The van der Waals surface area contributed by atoms with E-state index < -0.39 is 0 Å². The maximum absolute atomic E-state index is 6.53. The highest BCUT2D eigenvalue weighted by molar-refractivity contribution is 7.07. The standard InChI is InChI=1S/C15H19NS/c1-2-15(16,11-14-8-9-17-12-14)10-13-6-4-3-5-7-13/h3-9,12H,2,10-11,16H2,1H3. The van der Waals surface area contributed by atoms with Gasteiger partial charge >= 0.3 is 0 Å². The van der Waals surface area contributed by atoms with Crippen LogP contribution in [0, 0.1) is 0 Å². The predicted octanol–water partition coefficient (Wildman–Crippen LogP) is 3.64. The Hall–Kier alpha value is -1.12. The van der Waals surface area contributed by atoms with Gasteiger partial charge in [-0.3, -0.25) is 0 Å². The number of benzene rings is 1. The van der Waals surface area contributed by atoms with Crippen molar-refractivity contribution in [2.45, 2.75) is 31.7 Å². The lowest BCUT2D eigenvalue weighted by atomic mass is 9.84. The Kier molecular flexibility index (Phi) is 3.97. The fraction of sp³-hybridized carbons (Fsp3) is 0.333. The van der Waals surface area contributed by atoms with Crippen molar-refractivity contribution in [3.8, 4) is 0 Å². The number of hydrogen-bond donors (Lipinski definition) is 1. The van der Waals surface area contributed by atoms with E-state index in [2.05, 4.69) is 48.0 Å². The van der Waals surface area contributed by atoms with Gasteiger partial charge in [0.05, 0.1) is 0 Å². The summed E-state index contributed by atoms with van der Waals surface area (Å²) in [6.45, 7) is 2.18. The molecule has 2 aromatic rings. The van der Waals surface area contributed by atoms with E-state index in [0.29, 0.717) is 0 Å². The SMILES string of the molecule is CCC(N)(Cc1ccccc1)Cc1ccsc1. The van der Waals surface area contributed by atoms with Gasteiger partial charge in [0.1, 0.15) is 0 Å². The Bertz CT molecular complexity index is 435. The first-order valence-corrected chi connectivity index (χ1v) is 7.00. The van der Waals surface area contributed by atoms with E-state index in [9.17, 15) is 0 Å². The summed E-state index contributed by atoms with van der Waals surface area (Å²) in [7, 11) is 0. The molecule has 0 amide bonds. The van der Waals surface area contributed by atoms with Gasteiger partial charge in [0.2, 0.25) is 0 Å². The van der Waals surface area contributed by atoms with Crippen molar-refractivity contribution in [1.29, 1.82) is 0 Å². The Balaban J connectivity index is 2.09. The van der Waals surface area contributed by atoms with Gasteiger partial charge < -0.3 is 5.73 Å². The minimum atomic E-state index is -0.123. The monoisotopic (exact) mass is 245 g/mol. The molecule has 1 aromatic carbocycles. The van der Waals surface area contributed by atoms with Crippen molar-refractivity contribution in [3.63, 3.8) is 0 Å². The third-order valence-electron chi connectivity index (χ3n) is 3.24. The predicted molar refractivity (Wildman–Crippen MR) is 75.4 cm³/mol. The second-order valence-corrected chi connectivity index (χ2v) is 5.47. The molecule has 1 heterocycles. The van der Waals surface area contributed by atoms with Gasteiger partial charge in [-0.25, -0.2) is 0 Å². The summed E-state index contributed by atoms with van der Waals surface area (Å²) in [6.07, 6.45) is 2.90. The lowest BCUT2D eigenvalue weighted by Gasteiger charge is -2.28. The second-order valence-electron chi connectivity index (χ2n) is 4.69. The molecule has 1 aromatic heterocycles. The molecule has 0 radical (unpaired) electrons. The van der Waals surface area contributed by atoms with Crippen LogP contribution >= 0.6 is 11.3 Å². The molecule has 1 nitrogen and oxygen atoms in total. The Labute approximate surface area is 107 Å². The van der Waals surface area contributed by atoms with Gasteiger partial charge in [-0.15, -0.1) is 0 Å². The van der Waals surface area contributed by atoms with E-state index in [1.807, 2.05) is 6.07 Å². The number of nitrogens with two attached hydrogens (primary N) is 1. The molecule has 0 spiro atoms. The smallest absolute Gasteiger partial charge is 0.0233 e. The Morgan fingerprint density at radius 2 is 1.76 bits per heavy atom. The van der Waals surface area contributed by atoms with E-state index in [1.54, 1.807) is 11.3 Å². The van der Waals surface area contributed by atoms with Crippen LogP contribution in [-0.4, -0.2) is 5.54 Å². The summed E-state index contributed by atoms with van der Waals surface area (Å²) in [5.41, 5.74) is 9.09. The van der Waals surface area contributed by atoms with Crippen molar-refractivity contribution in [3.05, 3.63) is 58.3 Å². The normalized spacial score (nSPS) is 14.5. The molecule has 0 fully saturated rings. The van der Waals surface area contributed by atoms with Crippen molar-refractivity contribution in [1.82, 2.24) is 0 Å². The molecule has 90 valence electrons. The summed E-state index contributed by atoms with van der Waals surface area (Å²) in [4.78, 5) is 0.